The zero-order valence-corrected chi connectivity index (χ0v) is 14.4. The number of nitrogens with zero attached hydrogens (tertiary/aromatic N) is 1. The number of nitrogens with one attached hydrogen (secondary N) is 1. The first-order valence-corrected chi connectivity index (χ1v) is 9.00. The first kappa shape index (κ1) is 16.3. The van der Waals surface area contributed by atoms with Crippen molar-refractivity contribution in [2.24, 2.45) is 23.7 Å². The number of rotatable bonds is 4. The molecule has 5 unspecified atom stereocenters. The minimum atomic E-state index is 0.732. The van der Waals surface area contributed by atoms with Crippen molar-refractivity contribution in [2.75, 3.05) is 19.6 Å². The van der Waals surface area contributed by atoms with Gasteiger partial charge in [-0.2, -0.15) is 0 Å². The minimum absolute atomic E-state index is 0.732. The van der Waals surface area contributed by atoms with E-state index in [2.05, 4.69) is 44.8 Å². The molecule has 1 saturated carbocycles. The van der Waals surface area contributed by atoms with Gasteiger partial charge in [0.05, 0.1) is 0 Å². The second-order valence-electron chi connectivity index (χ2n) is 7.79. The first-order valence-electron chi connectivity index (χ1n) is 9.00. The van der Waals surface area contributed by atoms with Crippen LogP contribution in [0.2, 0.25) is 0 Å². The Balaban J connectivity index is 2.02. The molecule has 0 aromatic carbocycles. The van der Waals surface area contributed by atoms with Crippen molar-refractivity contribution in [3.63, 3.8) is 0 Å². The van der Waals surface area contributed by atoms with E-state index in [0.29, 0.717) is 0 Å². The number of hydrogen-bond acceptors (Lipinski definition) is 2. The molecule has 2 rings (SSSR count). The molecule has 2 fully saturated rings. The Morgan fingerprint density at radius 3 is 2.45 bits per heavy atom. The smallest absolute Gasteiger partial charge is 0.0252 e. The second kappa shape index (κ2) is 7.26. The van der Waals surface area contributed by atoms with Crippen molar-refractivity contribution in [3.8, 4) is 0 Å². The van der Waals surface area contributed by atoms with Crippen LogP contribution < -0.4 is 5.32 Å². The highest BCUT2D eigenvalue weighted by molar-refractivity contribution is 4.93. The summed E-state index contributed by atoms with van der Waals surface area (Å²) in [6.07, 6.45) is 5.60. The van der Waals surface area contributed by atoms with E-state index < -0.39 is 0 Å². The van der Waals surface area contributed by atoms with Gasteiger partial charge in [-0.1, -0.05) is 34.6 Å². The lowest BCUT2D eigenvalue weighted by Crippen LogP contribution is -2.56. The fraction of sp³-hybridized carbons (Fsp3) is 1.00. The van der Waals surface area contributed by atoms with Gasteiger partial charge in [0.1, 0.15) is 0 Å². The van der Waals surface area contributed by atoms with Crippen molar-refractivity contribution >= 4 is 0 Å². The Kier molecular flexibility index (Phi) is 5.92. The number of likely N-dealkylation sites (tertiary alicyclic amines) is 1. The SMILES string of the molecule is CCNC1CCC(C(C)C)CC1N1CCC(C)C(C)C1. The van der Waals surface area contributed by atoms with Crippen molar-refractivity contribution < 1.29 is 0 Å². The molecule has 1 aliphatic carbocycles. The van der Waals surface area contributed by atoms with Crippen LogP contribution in [0.3, 0.4) is 0 Å². The fourth-order valence-corrected chi connectivity index (χ4v) is 4.28. The summed E-state index contributed by atoms with van der Waals surface area (Å²) in [5.74, 6) is 3.56. The molecule has 0 radical (unpaired) electrons. The van der Waals surface area contributed by atoms with Gasteiger partial charge in [-0.3, -0.25) is 4.90 Å². The van der Waals surface area contributed by atoms with E-state index in [-0.39, 0.29) is 0 Å². The van der Waals surface area contributed by atoms with E-state index in [1.54, 1.807) is 0 Å². The third kappa shape index (κ3) is 3.76. The van der Waals surface area contributed by atoms with Gasteiger partial charge < -0.3 is 5.32 Å². The molecule has 0 aromatic heterocycles. The zero-order valence-electron chi connectivity index (χ0n) is 14.4. The summed E-state index contributed by atoms with van der Waals surface area (Å²) in [5.41, 5.74) is 0. The average molecular weight is 280 g/mol. The standard InChI is InChI=1S/C18H36N2/c1-6-19-17-8-7-16(13(2)3)11-18(17)20-10-9-14(4)15(5)12-20/h13-19H,6-12H2,1-5H3. The van der Waals surface area contributed by atoms with Crippen LogP contribution >= 0.6 is 0 Å². The topological polar surface area (TPSA) is 15.3 Å². The summed E-state index contributed by atoms with van der Waals surface area (Å²) in [7, 11) is 0. The molecule has 2 heteroatoms. The van der Waals surface area contributed by atoms with E-state index in [9.17, 15) is 0 Å². The molecule has 1 heterocycles. The predicted octanol–water partition coefficient (Wildman–Crippen LogP) is 3.77. The molecule has 0 spiro atoms. The number of likely N-dealkylation sites (N-methyl/N-ethyl adjacent to an activating group) is 1. The highest BCUT2D eigenvalue weighted by atomic mass is 15.2. The Labute approximate surface area is 126 Å². The van der Waals surface area contributed by atoms with Crippen LogP contribution in [0.25, 0.3) is 0 Å². The van der Waals surface area contributed by atoms with Gasteiger partial charge in [0.15, 0.2) is 0 Å². The molecule has 5 atom stereocenters. The van der Waals surface area contributed by atoms with Crippen LogP contribution in [0.15, 0.2) is 0 Å². The van der Waals surface area contributed by atoms with Crippen molar-refractivity contribution in [3.05, 3.63) is 0 Å². The molecule has 118 valence electrons. The zero-order chi connectivity index (χ0) is 14.7. The van der Waals surface area contributed by atoms with Crippen molar-refractivity contribution in [1.82, 2.24) is 10.2 Å². The molecule has 0 bridgehead atoms. The maximum Gasteiger partial charge on any atom is 0.0252 e. The summed E-state index contributed by atoms with van der Waals surface area (Å²) >= 11 is 0. The van der Waals surface area contributed by atoms with Crippen LogP contribution in [-0.2, 0) is 0 Å². The summed E-state index contributed by atoms with van der Waals surface area (Å²) in [4.78, 5) is 2.83. The molecule has 0 amide bonds. The maximum absolute atomic E-state index is 3.78. The van der Waals surface area contributed by atoms with E-state index in [1.165, 1.54) is 38.8 Å². The number of hydrogen-bond donors (Lipinski definition) is 1. The van der Waals surface area contributed by atoms with Gasteiger partial charge in [-0.25, -0.2) is 0 Å². The fourth-order valence-electron chi connectivity index (χ4n) is 4.28. The van der Waals surface area contributed by atoms with Gasteiger partial charge >= 0.3 is 0 Å². The van der Waals surface area contributed by atoms with Gasteiger partial charge in [-0.05, 0) is 62.4 Å². The number of piperidine rings is 1. The van der Waals surface area contributed by atoms with Crippen LogP contribution in [0, 0.1) is 23.7 Å². The lowest BCUT2D eigenvalue weighted by molar-refractivity contribution is 0.0367. The van der Waals surface area contributed by atoms with Gasteiger partial charge in [0.25, 0.3) is 0 Å². The molecular weight excluding hydrogens is 244 g/mol. The third-order valence-corrected chi connectivity index (χ3v) is 6.10. The molecule has 1 saturated heterocycles. The molecule has 1 N–H and O–H groups in total. The van der Waals surface area contributed by atoms with E-state index in [4.69, 9.17) is 0 Å². The molecule has 0 aromatic rings. The van der Waals surface area contributed by atoms with Gasteiger partial charge in [-0.15, -0.1) is 0 Å². The summed E-state index contributed by atoms with van der Waals surface area (Å²) < 4.78 is 0. The van der Waals surface area contributed by atoms with Crippen LogP contribution in [0.1, 0.15) is 60.3 Å². The Morgan fingerprint density at radius 1 is 1.10 bits per heavy atom. The second-order valence-corrected chi connectivity index (χ2v) is 7.79. The summed E-state index contributed by atoms with van der Waals surface area (Å²) in [6.45, 7) is 15.7. The Bertz CT molecular complexity index is 289. The van der Waals surface area contributed by atoms with Crippen LogP contribution in [-0.4, -0.2) is 36.6 Å². The largest absolute Gasteiger partial charge is 0.313 e. The average Bonchev–Trinajstić information content (AvgIpc) is 2.42. The normalized spacial score (nSPS) is 40.2. The maximum atomic E-state index is 3.78. The molecule has 2 aliphatic rings. The molecule has 1 aliphatic heterocycles. The van der Waals surface area contributed by atoms with Crippen molar-refractivity contribution in [1.29, 1.82) is 0 Å². The minimum Gasteiger partial charge on any atom is -0.313 e. The van der Waals surface area contributed by atoms with Crippen molar-refractivity contribution in [2.45, 2.75) is 72.4 Å². The highest BCUT2D eigenvalue weighted by Crippen LogP contribution is 2.35. The summed E-state index contributed by atoms with van der Waals surface area (Å²) in [6, 6.07) is 1.52. The van der Waals surface area contributed by atoms with Gasteiger partial charge in [0.2, 0.25) is 0 Å². The van der Waals surface area contributed by atoms with Gasteiger partial charge in [0, 0.05) is 18.6 Å². The highest BCUT2D eigenvalue weighted by Gasteiger charge is 2.37. The van der Waals surface area contributed by atoms with E-state index in [0.717, 1.165) is 42.3 Å². The summed E-state index contributed by atoms with van der Waals surface area (Å²) in [5, 5.41) is 3.78. The van der Waals surface area contributed by atoms with Crippen LogP contribution in [0.5, 0.6) is 0 Å². The van der Waals surface area contributed by atoms with E-state index in [1.807, 2.05) is 0 Å². The quantitative estimate of drug-likeness (QED) is 0.843. The van der Waals surface area contributed by atoms with Crippen LogP contribution in [0.4, 0.5) is 0 Å². The molecule has 2 nitrogen and oxygen atoms in total. The van der Waals surface area contributed by atoms with E-state index >= 15 is 0 Å². The molecular formula is C18H36N2. The third-order valence-electron chi connectivity index (χ3n) is 6.10. The monoisotopic (exact) mass is 280 g/mol. The lowest BCUT2D eigenvalue weighted by Gasteiger charge is -2.47. The molecule has 20 heavy (non-hydrogen) atoms. The Morgan fingerprint density at radius 2 is 1.85 bits per heavy atom. The first-order chi connectivity index (χ1) is 9.52. The lowest BCUT2D eigenvalue weighted by atomic mass is 9.75. The Hall–Kier alpha value is -0.0800. The predicted molar refractivity (Wildman–Crippen MR) is 87.9 cm³/mol.